The zero-order valence-corrected chi connectivity index (χ0v) is 13.8. The Morgan fingerprint density at radius 1 is 1.26 bits per heavy atom. The van der Waals surface area contributed by atoms with Crippen LogP contribution in [-0.4, -0.2) is 46.6 Å². The van der Waals surface area contributed by atoms with Gasteiger partial charge in [-0.05, 0) is 39.7 Å². The van der Waals surface area contributed by atoms with Crippen LogP contribution in [0.5, 0.6) is 0 Å². The molecule has 0 bridgehead atoms. The predicted molar refractivity (Wildman–Crippen MR) is 84.6 cm³/mol. The quantitative estimate of drug-likeness (QED) is 0.814. The second-order valence-corrected chi connectivity index (χ2v) is 5.55. The van der Waals surface area contributed by atoms with Crippen LogP contribution in [0.1, 0.15) is 31.2 Å². The number of nitrogens with one attached hydrogen (secondary N) is 2. The van der Waals surface area contributed by atoms with E-state index < -0.39 is 0 Å². The fourth-order valence-electron chi connectivity index (χ4n) is 2.54. The fraction of sp³-hybridized carbons (Fsp3) is 0.600. The highest BCUT2D eigenvalue weighted by Crippen LogP contribution is 2.18. The van der Waals surface area contributed by atoms with Gasteiger partial charge in [0.2, 0.25) is 11.9 Å². The lowest BCUT2D eigenvalue weighted by Gasteiger charge is -2.30. The molecule has 1 fully saturated rings. The van der Waals surface area contributed by atoms with Gasteiger partial charge in [0.05, 0.1) is 6.61 Å². The number of carbonyl (C=O) groups excluding carboxylic acids is 2. The van der Waals surface area contributed by atoms with E-state index >= 15 is 0 Å². The molecule has 1 aromatic heterocycles. The first kappa shape index (κ1) is 17.0. The Balaban J connectivity index is 1.80. The van der Waals surface area contributed by atoms with Crippen LogP contribution >= 0.6 is 0 Å². The Morgan fingerprint density at radius 2 is 1.87 bits per heavy atom. The van der Waals surface area contributed by atoms with Crippen LogP contribution in [0.15, 0.2) is 6.07 Å². The molecule has 0 atom stereocenters. The summed E-state index contributed by atoms with van der Waals surface area (Å²) in [7, 11) is 0. The van der Waals surface area contributed by atoms with Crippen molar-refractivity contribution < 1.29 is 14.3 Å². The third-order valence-corrected chi connectivity index (χ3v) is 3.67. The average molecular weight is 321 g/mol. The average Bonchev–Trinajstić information content (AvgIpc) is 2.52. The second kappa shape index (κ2) is 7.75. The number of likely N-dealkylation sites (tertiary alicyclic amines) is 1. The Bertz CT molecular complexity index is 550. The third kappa shape index (κ3) is 4.80. The van der Waals surface area contributed by atoms with E-state index in [2.05, 4.69) is 20.8 Å². The molecule has 0 saturated carbocycles. The van der Waals surface area contributed by atoms with E-state index in [0.717, 1.165) is 11.4 Å². The first-order valence-corrected chi connectivity index (χ1v) is 7.79. The van der Waals surface area contributed by atoms with Gasteiger partial charge in [-0.15, -0.1) is 0 Å². The number of aromatic nitrogens is 2. The Labute approximate surface area is 135 Å². The number of nitrogens with zero attached hydrogens (tertiary/aromatic N) is 3. The largest absolute Gasteiger partial charge is 0.450 e. The SMILES string of the molecule is CCOC(=O)N1CCC(C(=O)NNc2nc(C)cc(C)n2)CC1. The highest BCUT2D eigenvalue weighted by Gasteiger charge is 2.27. The number of ether oxygens (including phenoxy) is 1. The molecule has 23 heavy (non-hydrogen) atoms. The minimum Gasteiger partial charge on any atom is -0.450 e. The van der Waals surface area contributed by atoms with Gasteiger partial charge >= 0.3 is 6.09 Å². The van der Waals surface area contributed by atoms with Crippen molar-refractivity contribution in [3.63, 3.8) is 0 Å². The van der Waals surface area contributed by atoms with Crippen LogP contribution in [0.25, 0.3) is 0 Å². The van der Waals surface area contributed by atoms with Gasteiger partial charge in [0.1, 0.15) is 0 Å². The van der Waals surface area contributed by atoms with Gasteiger partial charge in [-0.25, -0.2) is 14.8 Å². The van der Waals surface area contributed by atoms with E-state index in [4.69, 9.17) is 4.74 Å². The minimum absolute atomic E-state index is 0.115. The van der Waals surface area contributed by atoms with Gasteiger partial charge in [-0.1, -0.05) is 0 Å². The highest BCUT2D eigenvalue weighted by molar-refractivity contribution is 5.80. The van der Waals surface area contributed by atoms with E-state index in [1.165, 1.54) is 0 Å². The van der Waals surface area contributed by atoms with Gasteiger partial charge in [-0.3, -0.25) is 15.6 Å². The lowest BCUT2D eigenvalue weighted by atomic mass is 9.96. The van der Waals surface area contributed by atoms with Crippen molar-refractivity contribution >= 4 is 17.9 Å². The second-order valence-electron chi connectivity index (χ2n) is 5.55. The molecular formula is C15H23N5O3. The Morgan fingerprint density at radius 3 is 2.43 bits per heavy atom. The van der Waals surface area contributed by atoms with E-state index in [9.17, 15) is 9.59 Å². The maximum Gasteiger partial charge on any atom is 0.409 e. The number of carbonyl (C=O) groups is 2. The molecule has 0 unspecified atom stereocenters. The molecule has 126 valence electrons. The molecule has 0 spiro atoms. The molecule has 2 amide bonds. The number of hydrogen-bond donors (Lipinski definition) is 2. The Hall–Kier alpha value is -2.38. The standard InChI is InChI=1S/C15H23N5O3/c1-4-23-15(22)20-7-5-12(6-8-20)13(21)18-19-14-16-10(2)9-11(3)17-14/h9,12H,4-8H2,1-3H3,(H,18,21)(H,16,17,19). The summed E-state index contributed by atoms with van der Waals surface area (Å²) >= 11 is 0. The van der Waals surface area contributed by atoms with Gasteiger partial charge in [0, 0.05) is 30.4 Å². The van der Waals surface area contributed by atoms with Crippen molar-refractivity contribution in [2.45, 2.75) is 33.6 Å². The fourth-order valence-corrected chi connectivity index (χ4v) is 2.54. The minimum atomic E-state index is -0.312. The third-order valence-electron chi connectivity index (χ3n) is 3.67. The molecule has 1 aromatic rings. The maximum absolute atomic E-state index is 12.2. The highest BCUT2D eigenvalue weighted by atomic mass is 16.6. The van der Waals surface area contributed by atoms with E-state index in [-0.39, 0.29) is 17.9 Å². The summed E-state index contributed by atoms with van der Waals surface area (Å²) in [5.41, 5.74) is 7.06. The van der Waals surface area contributed by atoms with Gasteiger partial charge < -0.3 is 9.64 Å². The van der Waals surface area contributed by atoms with E-state index in [0.29, 0.717) is 38.5 Å². The van der Waals surface area contributed by atoms with Crippen LogP contribution in [-0.2, 0) is 9.53 Å². The van der Waals surface area contributed by atoms with E-state index in [1.807, 2.05) is 19.9 Å². The summed E-state index contributed by atoms with van der Waals surface area (Å²) in [6.45, 7) is 6.92. The lowest BCUT2D eigenvalue weighted by Crippen LogP contribution is -2.44. The normalized spacial score (nSPS) is 15.2. The zero-order valence-electron chi connectivity index (χ0n) is 13.8. The van der Waals surface area contributed by atoms with Gasteiger partial charge in [-0.2, -0.15) is 0 Å². The number of hydrazine groups is 1. The predicted octanol–water partition coefficient (Wildman–Crippen LogP) is 1.41. The number of aryl methyl sites for hydroxylation is 2. The van der Waals surface area contributed by atoms with Gasteiger partial charge in [0.25, 0.3) is 0 Å². The molecule has 2 N–H and O–H groups in total. The summed E-state index contributed by atoms with van der Waals surface area (Å²) in [5, 5.41) is 0. The van der Waals surface area contributed by atoms with Crippen molar-refractivity contribution in [1.82, 2.24) is 20.3 Å². The molecule has 1 aliphatic rings. The molecule has 0 radical (unpaired) electrons. The number of hydrogen-bond acceptors (Lipinski definition) is 6. The molecule has 0 aliphatic carbocycles. The number of anilines is 1. The summed E-state index contributed by atoms with van der Waals surface area (Å²) in [6.07, 6.45) is 0.910. The van der Waals surface area contributed by atoms with Crippen molar-refractivity contribution in [3.05, 3.63) is 17.5 Å². The molecule has 2 rings (SSSR count). The first-order valence-electron chi connectivity index (χ1n) is 7.79. The monoisotopic (exact) mass is 321 g/mol. The van der Waals surface area contributed by atoms with Gasteiger partial charge in [0.15, 0.2) is 0 Å². The molecule has 8 heteroatoms. The van der Waals surface area contributed by atoms with Crippen molar-refractivity contribution in [3.8, 4) is 0 Å². The van der Waals surface area contributed by atoms with E-state index in [1.54, 1.807) is 11.8 Å². The smallest absolute Gasteiger partial charge is 0.409 e. The zero-order chi connectivity index (χ0) is 16.8. The number of piperidine rings is 1. The maximum atomic E-state index is 12.2. The molecule has 2 heterocycles. The van der Waals surface area contributed by atoms with Crippen molar-refractivity contribution in [1.29, 1.82) is 0 Å². The topological polar surface area (TPSA) is 96.5 Å². The van der Waals surface area contributed by atoms with Crippen LogP contribution in [0.2, 0.25) is 0 Å². The molecule has 1 saturated heterocycles. The first-order chi connectivity index (χ1) is 11.0. The lowest BCUT2D eigenvalue weighted by molar-refractivity contribution is -0.125. The Kier molecular flexibility index (Phi) is 5.72. The number of rotatable bonds is 4. The van der Waals surface area contributed by atoms with Crippen LogP contribution < -0.4 is 10.9 Å². The summed E-state index contributed by atoms with van der Waals surface area (Å²) in [6, 6.07) is 1.86. The summed E-state index contributed by atoms with van der Waals surface area (Å²) < 4.78 is 4.96. The van der Waals surface area contributed by atoms with Crippen LogP contribution in [0.4, 0.5) is 10.7 Å². The molecule has 8 nitrogen and oxygen atoms in total. The van der Waals surface area contributed by atoms with Crippen LogP contribution in [0, 0.1) is 19.8 Å². The summed E-state index contributed by atoms with van der Waals surface area (Å²) in [5.74, 6) is 0.121. The summed E-state index contributed by atoms with van der Waals surface area (Å²) in [4.78, 5) is 33.8. The number of amides is 2. The molecule has 0 aromatic carbocycles. The van der Waals surface area contributed by atoms with Crippen LogP contribution in [0.3, 0.4) is 0 Å². The molecule has 1 aliphatic heterocycles. The van der Waals surface area contributed by atoms with Crippen molar-refractivity contribution in [2.75, 3.05) is 25.1 Å². The molecular weight excluding hydrogens is 298 g/mol. The van der Waals surface area contributed by atoms with Crippen molar-refractivity contribution in [2.24, 2.45) is 5.92 Å².